The third-order valence-corrected chi connectivity index (χ3v) is 2.60. The number of rotatable bonds is 5. The van der Waals surface area contributed by atoms with Gasteiger partial charge in [-0.25, -0.2) is 4.98 Å². The van der Waals surface area contributed by atoms with Gasteiger partial charge in [0, 0.05) is 12.1 Å². The Morgan fingerprint density at radius 3 is 2.67 bits per heavy atom. The van der Waals surface area contributed by atoms with Crippen LogP contribution in [0.3, 0.4) is 0 Å². The Bertz CT molecular complexity index is 312. The third kappa shape index (κ3) is 2.91. The van der Waals surface area contributed by atoms with Gasteiger partial charge in [-0.05, 0) is 12.8 Å². The summed E-state index contributed by atoms with van der Waals surface area (Å²) in [6, 6.07) is 0. The fourth-order valence-corrected chi connectivity index (χ4v) is 1.47. The maximum Gasteiger partial charge on any atom is 0.235 e. The van der Waals surface area contributed by atoms with Gasteiger partial charge in [-0.1, -0.05) is 27.2 Å². The van der Waals surface area contributed by atoms with E-state index < -0.39 is 0 Å². The van der Waals surface area contributed by atoms with Crippen LogP contribution in [0.1, 0.15) is 50.9 Å². The Morgan fingerprint density at radius 1 is 1.40 bits per heavy atom. The van der Waals surface area contributed by atoms with E-state index in [4.69, 9.17) is 4.74 Å². The van der Waals surface area contributed by atoms with E-state index in [1.807, 2.05) is 6.20 Å². The molecule has 1 heterocycles. The van der Waals surface area contributed by atoms with Crippen LogP contribution in [-0.2, 0) is 6.42 Å². The predicted octanol–water partition coefficient (Wildman–Crippen LogP) is 2.95. The summed E-state index contributed by atoms with van der Waals surface area (Å²) >= 11 is 0. The van der Waals surface area contributed by atoms with Gasteiger partial charge < -0.3 is 4.74 Å². The molecule has 0 spiro atoms. The molecule has 1 aromatic rings. The number of methoxy groups -OCH3 is 1. The van der Waals surface area contributed by atoms with Crippen molar-refractivity contribution in [3.05, 3.63) is 17.6 Å². The molecular formula is C12H20N2O. The van der Waals surface area contributed by atoms with Gasteiger partial charge in [-0.15, -0.1) is 0 Å². The van der Waals surface area contributed by atoms with Crippen molar-refractivity contribution < 1.29 is 4.74 Å². The monoisotopic (exact) mass is 208 g/mol. The van der Waals surface area contributed by atoms with E-state index in [0.717, 1.165) is 30.7 Å². The molecule has 0 saturated carbocycles. The highest BCUT2D eigenvalue weighted by atomic mass is 16.5. The Balaban J connectivity index is 2.98. The van der Waals surface area contributed by atoms with Crippen molar-refractivity contribution in [2.24, 2.45) is 0 Å². The molecule has 0 radical (unpaired) electrons. The first kappa shape index (κ1) is 12.0. The fourth-order valence-electron chi connectivity index (χ4n) is 1.47. The molecule has 3 heteroatoms. The maximum absolute atomic E-state index is 5.28. The van der Waals surface area contributed by atoms with E-state index in [0.29, 0.717) is 11.8 Å². The molecule has 1 rings (SSSR count). The average Bonchev–Trinajstić information content (AvgIpc) is 2.28. The number of nitrogens with zero attached hydrogens (tertiary/aromatic N) is 2. The van der Waals surface area contributed by atoms with Crippen molar-refractivity contribution >= 4 is 0 Å². The summed E-state index contributed by atoms with van der Waals surface area (Å²) < 4.78 is 5.28. The molecule has 0 N–H and O–H groups in total. The molecule has 0 aliphatic carbocycles. The Hall–Kier alpha value is -1.12. The number of aryl methyl sites for hydroxylation is 1. The van der Waals surface area contributed by atoms with Gasteiger partial charge >= 0.3 is 0 Å². The van der Waals surface area contributed by atoms with Gasteiger partial charge in [0.05, 0.1) is 12.8 Å². The lowest BCUT2D eigenvalue weighted by molar-refractivity contribution is 0.382. The number of ether oxygens (including phenoxy) is 1. The summed E-state index contributed by atoms with van der Waals surface area (Å²) in [6.07, 6.45) is 4.97. The minimum Gasteiger partial charge on any atom is -0.480 e. The standard InChI is InChI=1S/C12H20N2O/c1-5-7-10-8-13-11(9(3)6-2)12(14-10)15-4/h8-9H,5-7H2,1-4H3. The third-order valence-electron chi connectivity index (χ3n) is 2.60. The highest BCUT2D eigenvalue weighted by Gasteiger charge is 2.13. The van der Waals surface area contributed by atoms with Crippen LogP contribution in [0, 0.1) is 0 Å². The van der Waals surface area contributed by atoms with Crippen molar-refractivity contribution in [1.29, 1.82) is 0 Å². The van der Waals surface area contributed by atoms with Crippen molar-refractivity contribution in [2.45, 2.75) is 46.0 Å². The smallest absolute Gasteiger partial charge is 0.235 e. The molecule has 3 nitrogen and oxygen atoms in total. The van der Waals surface area contributed by atoms with Gasteiger partial charge in [0.25, 0.3) is 0 Å². The summed E-state index contributed by atoms with van der Waals surface area (Å²) in [6.45, 7) is 6.43. The molecule has 1 aromatic heterocycles. The quantitative estimate of drug-likeness (QED) is 0.746. The summed E-state index contributed by atoms with van der Waals surface area (Å²) in [5.41, 5.74) is 1.99. The lowest BCUT2D eigenvalue weighted by Crippen LogP contribution is -2.04. The second-order valence-electron chi connectivity index (χ2n) is 3.82. The zero-order valence-corrected chi connectivity index (χ0v) is 10.1. The highest BCUT2D eigenvalue weighted by molar-refractivity contribution is 5.23. The van der Waals surface area contributed by atoms with E-state index in [9.17, 15) is 0 Å². The van der Waals surface area contributed by atoms with Crippen molar-refractivity contribution in [1.82, 2.24) is 9.97 Å². The van der Waals surface area contributed by atoms with E-state index in [-0.39, 0.29) is 0 Å². The largest absolute Gasteiger partial charge is 0.480 e. The number of hydrogen-bond acceptors (Lipinski definition) is 3. The number of hydrogen-bond donors (Lipinski definition) is 0. The Kier molecular flexibility index (Phi) is 4.53. The SMILES string of the molecule is CCCc1cnc(C(C)CC)c(OC)n1. The first-order valence-electron chi connectivity index (χ1n) is 5.62. The lowest BCUT2D eigenvalue weighted by atomic mass is 10.1. The second kappa shape index (κ2) is 5.69. The second-order valence-corrected chi connectivity index (χ2v) is 3.82. The fraction of sp³-hybridized carbons (Fsp3) is 0.667. The normalized spacial score (nSPS) is 12.5. The zero-order valence-electron chi connectivity index (χ0n) is 10.1. The van der Waals surface area contributed by atoms with Crippen LogP contribution in [0.15, 0.2) is 6.20 Å². The first-order valence-corrected chi connectivity index (χ1v) is 5.62. The molecule has 0 aromatic carbocycles. The Labute approximate surface area is 91.9 Å². The van der Waals surface area contributed by atoms with Gasteiger partial charge in [-0.2, -0.15) is 0 Å². The minimum absolute atomic E-state index is 0.406. The average molecular weight is 208 g/mol. The van der Waals surface area contributed by atoms with Crippen molar-refractivity contribution in [3.63, 3.8) is 0 Å². The molecule has 1 unspecified atom stereocenters. The molecule has 0 amide bonds. The topological polar surface area (TPSA) is 35.0 Å². The van der Waals surface area contributed by atoms with E-state index >= 15 is 0 Å². The van der Waals surface area contributed by atoms with Crippen LogP contribution in [0.25, 0.3) is 0 Å². The molecule has 0 saturated heterocycles. The van der Waals surface area contributed by atoms with E-state index in [1.165, 1.54) is 0 Å². The van der Waals surface area contributed by atoms with Crippen LogP contribution >= 0.6 is 0 Å². The molecule has 84 valence electrons. The summed E-state index contributed by atoms with van der Waals surface area (Å²) in [7, 11) is 1.66. The molecule has 0 bridgehead atoms. The summed E-state index contributed by atoms with van der Waals surface area (Å²) in [5, 5.41) is 0. The maximum atomic E-state index is 5.28. The van der Waals surface area contributed by atoms with Crippen LogP contribution in [0.2, 0.25) is 0 Å². The van der Waals surface area contributed by atoms with Crippen LogP contribution < -0.4 is 4.74 Å². The molecule has 0 aliphatic heterocycles. The minimum atomic E-state index is 0.406. The molecule has 0 fully saturated rings. The van der Waals surface area contributed by atoms with Crippen LogP contribution in [0.5, 0.6) is 5.88 Å². The van der Waals surface area contributed by atoms with Crippen LogP contribution in [-0.4, -0.2) is 17.1 Å². The molecule has 0 aliphatic rings. The van der Waals surface area contributed by atoms with Crippen molar-refractivity contribution in [3.8, 4) is 5.88 Å². The summed E-state index contributed by atoms with van der Waals surface area (Å²) in [5.74, 6) is 1.10. The molecule has 1 atom stereocenters. The lowest BCUT2D eigenvalue weighted by Gasteiger charge is -2.12. The van der Waals surface area contributed by atoms with Gasteiger partial charge in [0.1, 0.15) is 5.69 Å². The van der Waals surface area contributed by atoms with E-state index in [1.54, 1.807) is 7.11 Å². The first-order chi connectivity index (χ1) is 7.22. The van der Waals surface area contributed by atoms with Gasteiger partial charge in [0.2, 0.25) is 5.88 Å². The zero-order chi connectivity index (χ0) is 11.3. The van der Waals surface area contributed by atoms with Gasteiger partial charge in [0.15, 0.2) is 0 Å². The number of aromatic nitrogens is 2. The molecular weight excluding hydrogens is 188 g/mol. The Morgan fingerprint density at radius 2 is 2.13 bits per heavy atom. The molecule has 15 heavy (non-hydrogen) atoms. The predicted molar refractivity (Wildman–Crippen MR) is 61.3 cm³/mol. The van der Waals surface area contributed by atoms with Gasteiger partial charge in [-0.3, -0.25) is 4.98 Å². The summed E-state index contributed by atoms with van der Waals surface area (Å²) in [4.78, 5) is 8.92. The van der Waals surface area contributed by atoms with Crippen molar-refractivity contribution in [2.75, 3.05) is 7.11 Å². The highest BCUT2D eigenvalue weighted by Crippen LogP contribution is 2.24. The van der Waals surface area contributed by atoms with Crippen LogP contribution in [0.4, 0.5) is 0 Å². The van der Waals surface area contributed by atoms with E-state index in [2.05, 4.69) is 30.7 Å².